The second-order valence-electron chi connectivity index (χ2n) is 5.24. The van der Waals surface area contributed by atoms with Gasteiger partial charge in [0.25, 0.3) is 0 Å². The third-order valence-corrected chi connectivity index (χ3v) is 3.90. The van der Waals surface area contributed by atoms with E-state index in [1.165, 1.54) is 0 Å². The van der Waals surface area contributed by atoms with E-state index in [0.29, 0.717) is 6.42 Å². The molecule has 1 saturated heterocycles. The van der Waals surface area contributed by atoms with Crippen LogP contribution in [0.15, 0.2) is 36.4 Å². The van der Waals surface area contributed by atoms with Crippen LogP contribution in [0, 0.1) is 0 Å². The van der Waals surface area contributed by atoms with Gasteiger partial charge in [0.15, 0.2) is 0 Å². The van der Waals surface area contributed by atoms with Crippen LogP contribution in [0.5, 0.6) is 0 Å². The lowest BCUT2D eigenvalue weighted by atomic mass is 10.1. The zero-order valence-electron chi connectivity index (χ0n) is 11.3. The van der Waals surface area contributed by atoms with E-state index in [2.05, 4.69) is 4.98 Å². The number of likely N-dealkylation sites (tertiary alicyclic amines) is 1. The molecule has 1 aromatic carbocycles. The molecule has 1 unspecified atom stereocenters. The molecule has 0 aliphatic carbocycles. The van der Waals surface area contributed by atoms with Crippen molar-refractivity contribution in [1.82, 2.24) is 9.88 Å². The number of nitrogens with zero attached hydrogens (tertiary/aromatic N) is 2. The number of para-hydroxylation sites is 1. The Balaban J connectivity index is 1.77. The topological polar surface area (TPSA) is 53.4 Å². The highest BCUT2D eigenvalue weighted by atomic mass is 16.3. The predicted octanol–water partition coefficient (Wildman–Crippen LogP) is 1.76. The maximum Gasteiger partial charge on any atom is 0.228 e. The molecule has 1 N–H and O–H groups in total. The van der Waals surface area contributed by atoms with Crippen molar-refractivity contribution < 1.29 is 9.90 Å². The molecule has 1 aliphatic heterocycles. The fourth-order valence-corrected chi connectivity index (χ4v) is 2.82. The first-order chi connectivity index (χ1) is 9.78. The number of carbonyl (C=O) groups is 1. The van der Waals surface area contributed by atoms with E-state index in [1.807, 2.05) is 36.4 Å². The van der Waals surface area contributed by atoms with Gasteiger partial charge in [0.1, 0.15) is 0 Å². The third kappa shape index (κ3) is 2.51. The van der Waals surface area contributed by atoms with Crippen molar-refractivity contribution in [2.24, 2.45) is 0 Å². The van der Waals surface area contributed by atoms with Crippen LogP contribution in [0.1, 0.15) is 18.5 Å². The quantitative estimate of drug-likeness (QED) is 0.924. The van der Waals surface area contributed by atoms with Crippen LogP contribution in [0.25, 0.3) is 10.9 Å². The smallest absolute Gasteiger partial charge is 0.228 e. The minimum atomic E-state index is -0.0112. The molecular formula is C16H18N2O2. The summed E-state index contributed by atoms with van der Waals surface area (Å²) in [6.07, 6.45) is 2.18. The third-order valence-electron chi connectivity index (χ3n) is 3.90. The summed E-state index contributed by atoms with van der Waals surface area (Å²) in [6.45, 7) is 0.800. The molecule has 4 nitrogen and oxygen atoms in total. The number of fused-ring (bicyclic) bond motifs is 1. The fourth-order valence-electron chi connectivity index (χ4n) is 2.82. The van der Waals surface area contributed by atoms with Crippen molar-refractivity contribution in [3.05, 3.63) is 42.1 Å². The van der Waals surface area contributed by atoms with Gasteiger partial charge >= 0.3 is 0 Å². The van der Waals surface area contributed by atoms with Crippen LogP contribution in [-0.4, -0.2) is 40.1 Å². The minimum absolute atomic E-state index is 0.0112. The molecule has 0 bridgehead atoms. The zero-order valence-corrected chi connectivity index (χ0v) is 11.3. The maximum absolute atomic E-state index is 12.3. The first-order valence-corrected chi connectivity index (χ1v) is 7.03. The van der Waals surface area contributed by atoms with E-state index in [4.69, 9.17) is 0 Å². The van der Waals surface area contributed by atoms with Gasteiger partial charge in [0.05, 0.1) is 30.3 Å². The summed E-state index contributed by atoms with van der Waals surface area (Å²) in [5.74, 6) is 0.0596. The monoisotopic (exact) mass is 270 g/mol. The van der Waals surface area contributed by atoms with E-state index in [9.17, 15) is 9.90 Å². The molecule has 0 saturated carbocycles. The van der Waals surface area contributed by atoms with Gasteiger partial charge in [-0.2, -0.15) is 0 Å². The number of aliphatic hydroxyl groups excluding tert-OH is 1. The van der Waals surface area contributed by atoms with Crippen LogP contribution in [-0.2, 0) is 11.2 Å². The van der Waals surface area contributed by atoms with E-state index in [0.717, 1.165) is 36.0 Å². The van der Waals surface area contributed by atoms with E-state index < -0.39 is 0 Å². The molecule has 4 heteroatoms. The van der Waals surface area contributed by atoms with Crippen molar-refractivity contribution in [3.63, 3.8) is 0 Å². The van der Waals surface area contributed by atoms with E-state index >= 15 is 0 Å². The van der Waals surface area contributed by atoms with Crippen LogP contribution >= 0.6 is 0 Å². The molecule has 1 aromatic heterocycles. The molecule has 1 fully saturated rings. The van der Waals surface area contributed by atoms with E-state index in [-0.39, 0.29) is 18.6 Å². The lowest BCUT2D eigenvalue weighted by Gasteiger charge is -2.22. The van der Waals surface area contributed by atoms with E-state index in [1.54, 1.807) is 4.90 Å². The summed E-state index contributed by atoms with van der Waals surface area (Å²) in [6, 6.07) is 11.8. The molecule has 104 valence electrons. The van der Waals surface area contributed by atoms with Gasteiger partial charge in [-0.25, -0.2) is 0 Å². The van der Waals surface area contributed by atoms with Gasteiger partial charge in [-0.15, -0.1) is 0 Å². The SMILES string of the molecule is O=C(Cc1ccc2ccccc2n1)N1CCCC1CO. The summed E-state index contributed by atoms with van der Waals surface area (Å²) in [5, 5.41) is 10.4. The molecule has 3 rings (SSSR count). The Morgan fingerprint density at radius 2 is 2.15 bits per heavy atom. The molecule has 0 spiro atoms. The number of benzene rings is 1. The van der Waals surface area contributed by atoms with Crippen molar-refractivity contribution in [3.8, 4) is 0 Å². The van der Waals surface area contributed by atoms with Gasteiger partial charge in [0, 0.05) is 11.9 Å². The van der Waals surface area contributed by atoms with Crippen molar-refractivity contribution in [1.29, 1.82) is 0 Å². The molecule has 20 heavy (non-hydrogen) atoms. The van der Waals surface area contributed by atoms with Gasteiger partial charge < -0.3 is 10.0 Å². The van der Waals surface area contributed by atoms with Crippen LogP contribution in [0.4, 0.5) is 0 Å². The van der Waals surface area contributed by atoms with Crippen molar-refractivity contribution >= 4 is 16.8 Å². The van der Waals surface area contributed by atoms with Gasteiger partial charge in [-0.3, -0.25) is 9.78 Å². The Labute approximate surface area is 118 Å². The highest BCUT2D eigenvalue weighted by molar-refractivity contribution is 5.82. The highest BCUT2D eigenvalue weighted by Crippen LogP contribution is 2.18. The largest absolute Gasteiger partial charge is 0.394 e. The average molecular weight is 270 g/mol. The number of aromatic nitrogens is 1. The van der Waals surface area contributed by atoms with Gasteiger partial charge in [-0.05, 0) is 25.0 Å². The first kappa shape index (κ1) is 13.1. The highest BCUT2D eigenvalue weighted by Gasteiger charge is 2.27. The summed E-state index contributed by atoms with van der Waals surface area (Å²) >= 11 is 0. The average Bonchev–Trinajstić information content (AvgIpc) is 2.95. The first-order valence-electron chi connectivity index (χ1n) is 7.03. The number of carbonyl (C=O) groups excluding carboxylic acids is 1. The van der Waals surface area contributed by atoms with Crippen LogP contribution < -0.4 is 0 Å². The summed E-state index contributed by atoms with van der Waals surface area (Å²) in [7, 11) is 0. The minimum Gasteiger partial charge on any atom is -0.394 e. The summed E-state index contributed by atoms with van der Waals surface area (Å²) in [5.41, 5.74) is 1.70. The number of amides is 1. The second kappa shape index (κ2) is 5.59. The number of aliphatic hydroxyl groups is 1. The molecule has 1 atom stereocenters. The van der Waals surface area contributed by atoms with Crippen molar-refractivity contribution in [2.45, 2.75) is 25.3 Å². The van der Waals surface area contributed by atoms with Gasteiger partial charge in [0.2, 0.25) is 5.91 Å². The Bertz CT molecular complexity index is 627. The lowest BCUT2D eigenvalue weighted by molar-refractivity contribution is -0.132. The number of pyridine rings is 1. The zero-order chi connectivity index (χ0) is 13.9. The number of hydrogen-bond acceptors (Lipinski definition) is 3. The molecule has 2 heterocycles. The van der Waals surface area contributed by atoms with Crippen LogP contribution in [0.3, 0.4) is 0 Å². The molecule has 0 radical (unpaired) electrons. The lowest BCUT2D eigenvalue weighted by Crippen LogP contribution is -2.38. The Kier molecular flexibility index (Phi) is 3.65. The number of rotatable bonds is 3. The molecular weight excluding hydrogens is 252 g/mol. The summed E-state index contributed by atoms with van der Waals surface area (Å²) in [4.78, 5) is 18.6. The standard InChI is InChI=1S/C16H18N2O2/c19-11-14-5-3-9-18(14)16(20)10-13-8-7-12-4-1-2-6-15(12)17-13/h1-2,4,6-8,14,19H,3,5,9-11H2. The van der Waals surface area contributed by atoms with Gasteiger partial charge in [-0.1, -0.05) is 24.3 Å². The molecule has 2 aromatic rings. The second-order valence-corrected chi connectivity index (χ2v) is 5.24. The Morgan fingerprint density at radius 1 is 1.30 bits per heavy atom. The molecule has 1 amide bonds. The molecule has 1 aliphatic rings. The normalized spacial score (nSPS) is 18.6. The fraction of sp³-hybridized carbons (Fsp3) is 0.375. The Morgan fingerprint density at radius 3 is 3.00 bits per heavy atom. The number of hydrogen-bond donors (Lipinski definition) is 1. The summed E-state index contributed by atoms with van der Waals surface area (Å²) < 4.78 is 0. The Hall–Kier alpha value is -1.94. The predicted molar refractivity (Wildman–Crippen MR) is 77.3 cm³/mol. The van der Waals surface area contributed by atoms with Crippen LogP contribution in [0.2, 0.25) is 0 Å². The maximum atomic E-state index is 12.3. The van der Waals surface area contributed by atoms with Crippen molar-refractivity contribution in [2.75, 3.05) is 13.2 Å².